The van der Waals surface area contributed by atoms with E-state index in [9.17, 15) is 4.79 Å². The van der Waals surface area contributed by atoms with Gasteiger partial charge < -0.3 is 5.73 Å². The number of fused-ring (bicyclic) bond motifs is 1. The van der Waals surface area contributed by atoms with Crippen LogP contribution in [0.15, 0.2) is 11.1 Å². The van der Waals surface area contributed by atoms with Crippen LogP contribution in [-0.2, 0) is 0 Å². The fourth-order valence-corrected chi connectivity index (χ4v) is 0.753. The third kappa shape index (κ3) is 0.741. The largest absolute Gasteiger partial charge is 0.369 e. The molecule has 0 amide bonds. The smallest absolute Gasteiger partial charge is 0.352 e. The molecule has 0 spiro atoms. The first-order valence-electron chi connectivity index (χ1n) is 2.83. The Hall–Kier alpha value is -1.92. The number of nitrogen functional groups attached to an aromatic ring is 1. The van der Waals surface area contributed by atoms with Crippen LogP contribution in [-0.4, -0.2) is 24.6 Å². The second kappa shape index (κ2) is 1.78. The summed E-state index contributed by atoms with van der Waals surface area (Å²) in [5.41, 5.74) is 4.80. The summed E-state index contributed by atoms with van der Waals surface area (Å²) in [5, 5.41) is 3.60. The van der Waals surface area contributed by atoms with Crippen molar-refractivity contribution in [1.82, 2.24) is 24.6 Å². The van der Waals surface area contributed by atoms with E-state index in [-0.39, 0.29) is 11.7 Å². The molecular formula is C4H4N6O. The number of H-pyrrole nitrogens is 1. The highest BCUT2D eigenvalue weighted by atomic mass is 16.1. The number of hydrogen-bond donors (Lipinski definition) is 2. The first-order chi connectivity index (χ1) is 5.27. The van der Waals surface area contributed by atoms with Crippen LogP contribution in [0, 0.1) is 0 Å². The predicted molar refractivity (Wildman–Crippen MR) is 35.8 cm³/mol. The van der Waals surface area contributed by atoms with E-state index in [2.05, 4.69) is 20.1 Å². The zero-order valence-electron chi connectivity index (χ0n) is 5.35. The molecule has 0 aliphatic carbocycles. The second-order valence-corrected chi connectivity index (χ2v) is 1.90. The van der Waals surface area contributed by atoms with Crippen molar-refractivity contribution in [3.8, 4) is 0 Å². The van der Waals surface area contributed by atoms with Gasteiger partial charge in [0.1, 0.15) is 6.33 Å². The highest BCUT2D eigenvalue weighted by Gasteiger charge is 2.00. The summed E-state index contributed by atoms with van der Waals surface area (Å²) in [7, 11) is 0. The molecule has 0 unspecified atom stereocenters. The Morgan fingerprint density at radius 1 is 1.64 bits per heavy atom. The van der Waals surface area contributed by atoms with Gasteiger partial charge in [0.2, 0.25) is 5.95 Å². The summed E-state index contributed by atoms with van der Waals surface area (Å²) in [6.07, 6.45) is 1.23. The SMILES string of the molecule is Nc1nc2ncnn2c(=O)[nH]1. The highest BCUT2D eigenvalue weighted by molar-refractivity contribution is 5.29. The summed E-state index contributed by atoms with van der Waals surface area (Å²) in [4.78, 5) is 20.6. The normalized spacial score (nSPS) is 10.5. The minimum atomic E-state index is -0.440. The average Bonchev–Trinajstić information content (AvgIpc) is 2.34. The Balaban J connectivity index is 3.02. The van der Waals surface area contributed by atoms with Gasteiger partial charge in [-0.05, 0) is 0 Å². The molecule has 11 heavy (non-hydrogen) atoms. The molecule has 0 bridgehead atoms. The van der Waals surface area contributed by atoms with Crippen molar-refractivity contribution < 1.29 is 0 Å². The predicted octanol–water partition coefficient (Wildman–Crippen LogP) is -1.61. The maximum Gasteiger partial charge on any atom is 0.352 e. The molecule has 7 nitrogen and oxygen atoms in total. The van der Waals surface area contributed by atoms with E-state index in [1.807, 2.05) is 0 Å². The molecule has 2 heterocycles. The van der Waals surface area contributed by atoms with Crippen LogP contribution in [0.5, 0.6) is 0 Å². The molecule has 0 aliphatic heterocycles. The Morgan fingerprint density at radius 2 is 2.45 bits per heavy atom. The van der Waals surface area contributed by atoms with Crippen molar-refractivity contribution in [3.63, 3.8) is 0 Å². The summed E-state index contributed by atoms with van der Waals surface area (Å²) in [6.45, 7) is 0. The van der Waals surface area contributed by atoms with Gasteiger partial charge in [-0.2, -0.15) is 9.97 Å². The maximum absolute atomic E-state index is 10.9. The van der Waals surface area contributed by atoms with E-state index in [1.165, 1.54) is 6.33 Å². The Labute approximate surface area is 59.9 Å². The lowest BCUT2D eigenvalue weighted by Gasteiger charge is -1.90. The minimum absolute atomic E-state index is 0.0375. The summed E-state index contributed by atoms with van der Waals surface area (Å²) in [6, 6.07) is 0. The fraction of sp³-hybridized carbons (Fsp3) is 0. The molecule has 0 saturated heterocycles. The molecule has 56 valence electrons. The summed E-state index contributed by atoms with van der Waals surface area (Å²) >= 11 is 0. The van der Waals surface area contributed by atoms with Gasteiger partial charge in [-0.25, -0.2) is 4.79 Å². The van der Waals surface area contributed by atoms with E-state index in [1.54, 1.807) is 0 Å². The van der Waals surface area contributed by atoms with Crippen molar-refractivity contribution in [3.05, 3.63) is 16.8 Å². The number of anilines is 1. The van der Waals surface area contributed by atoms with Crippen molar-refractivity contribution in [2.45, 2.75) is 0 Å². The highest BCUT2D eigenvalue weighted by Crippen LogP contribution is 1.88. The molecule has 0 aromatic carbocycles. The van der Waals surface area contributed by atoms with Crippen LogP contribution in [0.3, 0.4) is 0 Å². The third-order valence-corrected chi connectivity index (χ3v) is 1.18. The van der Waals surface area contributed by atoms with E-state index < -0.39 is 5.69 Å². The van der Waals surface area contributed by atoms with Crippen LogP contribution in [0.2, 0.25) is 0 Å². The van der Waals surface area contributed by atoms with Gasteiger partial charge in [-0.3, -0.25) is 4.98 Å². The molecule has 7 heteroatoms. The maximum atomic E-state index is 10.9. The molecule has 2 aromatic rings. The molecule has 0 atom stereocenters. The van der Waals surface area contributed by atoms with Gasteiger partial charge in [-0.1, -0.05) is 0 Å². The van der Waals surface area contributed by atoms with E-state index >= 15 is 0 Å². The second-order valence-electron chi connectivity index (χ2n) is 1.90. The average molecular weight is 152 g/mol. The summed E-state index contributed by atoms with van der Waals surface area (Å²) in [5.74, 6) is 0.238. The molecule has 0 radical (unpaired) electrons. The molecular weight excluding hydrogens is 148 g/mol. The number of aromatic amines is 1. The molecule has 3 N–H and O–H groups in total. The quantitative estimate of drug-likeness (QED) is 0.473. The zero-order valence-corrected chi connectivity index (χ0v) is 5.35. The Kier molecular flexibility index (Phi) is 0.945. The molecule has 2 aromatic heterocycles. The lowest BCUT2D eigenvalue weighted by Crippen LogP contribution is -2.20. The van der Waals surface area contributed by atoms with Gasteiger partial charge in [0.25, 0.3) is 5.78 Å². The van der Waals surface area contributed by atoms with Crippen molar-refractivity contribution in [1.29, 1.82) is 0 Å². The van der Waals surface area contributed by atoms with E-state index in [0.29, 0.717) is 0 Å². The number of aromatic nitrogens is 5. The Bertz CT molecular complexity index is 441. The van der Waals surface area contributed by atoms with Gasteiger partial charge in [0.05, 0.1) is 0 Å². The van der Waals surface area contributed by atoms with Crippen LogP contribution in [0.1, 0.15) is 0 Å². The van der Waals surface area contributed by atoms with Crippen LogP contribution >= 0.6 is 0 Å². The monoisotopic (exact) mass is 152 g/mol. The number of rotatable bonds is 0. The standard InChI is InChI=1S/C4H4N6O/c5-2-8-3-6-1-7-10(3)4(11)9-2/h1H,(H3,5,6,7,8,9,11). The van der Waals surface area contributed by atoms with E-state index in [0.717, 1.165) is 4.52 Å². The van der Waals surface area contributed by atoms with Crippen molar-refractivity contribution in [2.75, 3.05) is 5.73 Å². The van der Waals surface area contributed by atoms with Gasteiger partial charge >= 0.3 is 5.69 Å². The molecule has 0 aliphatic rings. The molecule has 2 rings (SSSR count). The third-order valence-electron chi connectivity index (χ3n) is 1.18. The minimum Gasteiger partial charge on any atom is -0.369 e. The lowest BCUT2D eigenvalue weighted by molar-refractivity contribution is 0.846. The first kappa shape index (κ1) is 5.83. The number of hydrogen-bond acceptors (Lipinski definition) is 5. The van der Waals surface area contributed by atoms with Crippen molar-refractivity contribution >= 4 is 11.7 Å². The number of nitrogens with zero attached hydrogens (tertiary/aromatic N) is 4. The topological polar surface area (TPSA) is 102 Å². The van der Waals surface area contributed by atoms with Crippen LogP contribution < -0.4 is 11.4 Å². The lowest BCUT2D eigenvalue weighted by atomic mass is 10.9. The van der Waals surface area contributed by atoms with Crippen LogP contribution in [0.25, 0.3) is 5.78 Å². The first-order valence-corrected chi connectivity index (χ1v) is 2.83. The fourth-order valence-electron chi connectivity index (χ4n) is 0.753. The van der Waals surface area contributed by atoms with Gasteiger partial charge in [0, 0.05) is 0 Å². The van der Waals surface area contributed by atoms with Crippen molar-refractivity contribution in [2.24, 2.45) is 0 Å². The zero-order chi connectivity index (χ0) is 7.84. The molecule has 0 fully saturated rings. The number of nitrogens with two attached hydrogens (primary N) is 1. The van der Waals surface area contributed by atoms with Crippen LogP contribution in [0.4, 0.5) is 5.95 Å². The van der Waals surface area contributed by atoms with Gasteiger partial charge in [0.15, 0.2) is 0 Å². The summed E-state index contributed by atoms with van der Waals surface area (Å²) < 4.78 is 1.02. The molecule has 0 saturated carbocycles. The van der Waals surface area contributed by atoms with E-state index in [4.69, 9.17) is 5.73 Å². The van der Waals surface area contributed by atoms with Gasteiger partial charge in [-0.15, -0.1) is 9.61 Å². The number of nitrogens with one attached hydrogen (secondary N) is 1. The Morgan fingerprint density at radius 3 is 3.27 bits per heavy atom.